The van der Waals surface area contributed by atoms with Crippen molar-refractivity contribution in [1.82, 2.24) is 9.97 Å². The van der Waals surface area contributed by atoms with E-state index in [0.717, 1.165) is 29.1 Å². The van der Waals surface area contributed by atoms with Gasteiger partial charge < -0.3 is 10.4 Å². The second-order valence-corrected chi connectivity index (χ2v) is 5.17. The highest BCUT2D eigenvalue weighted by Crippen LogP contribution is 2.17. The molecule has 0 amide bonds. The summed E-state index contributed by atoms with van der Waals surface area (Å²) in [5.41, 5.74) is 0. The number of hydrogen-bond donors (Lipinski definition) is 2. The predicted molar refractivity (Wildman–Crippen MR) is 73.1 cm³/mol. The molecule has 4 nitrogen and oxygen atoms in total. The Bertz CT molecular complexity index is 358. The normalized spacial score (nSPS) is 12.8. The molecule has 0 bridgehead atoms. The van der Waals surface area contributed by atoms with Crippen LogP contribution in [0.5, 0.6) is 0 Å². The third kappa shape index (κ3) is 4.60. The Balaban J connectivity index is 2.81. The molecule has 0 radical (unpaired) electrons. The van der Waals surface area contributed by atoms with E-state index in [1.165, 1.54) is 0 Å². The van der Waals surface area contributed by atoms with Gasteiger partial charge in [0.25, 0.3) is 0 Å². The number of anilines is 1. The first-order chi connectivity index (χ1) is 8.06. The van der Waals surface area contributed by atoms with Crippen LogP contribution in [0.25, 0.3) is 0 Å². The number of aliphatic hydroxyl groups is 1. The molecule has 0 aliphatic carbocycles. The van der Waals surface area contributed by atoms with Gasteiger partial charge in [0.15, 0.2) is 0 Å². The first kappa shape index (κ1) is 14.4. The summed E-state index contributed by atoms with van der Waals surface area (Å²) in [6, 6.07) is 2.10. The molecule has 0 fully saturated rings. The lowest BCUT2D eigenvalue weighted by Crippen LogP contribution is -2.27. The van der Waals surface area contributed by atoms with Crippen molar-refractivity contribution < 1.29 is 5.11 Å². The lowest BCUT2D eigenvalue weighted by atomic mass is 10.0. The fourth-order valence-electron chi connectivity index (χ4n) is 1.60. The van der Waals surface area contributed by atoms with Gasteiger partial charge in [0.05, 0.1) is 0 Å². The summed E-state index contributed by atoms with van der Waals surface area (Å²) < 4.78 is 0.790. The Labute approximate surface area is 111 Å². The van der Waals surface area contributed by atoms with Gasteiger partial charge in [-0.3, -0.25) is 0 Å². The Morgan fingerprint density at radius 3 is 2.65 bits per heavy atom. The van der Waals surface area contributed by atoms with Crippen molar-refractivity contribution in [1.29, 1.82) is 0 Å². The molecule has 0 aliphatic rings. The van der Waals surface area contributed by atoms with Crippen molar-refractivity contribution >= 4 is 21.7 Å². The average Bonchev–Trinajstić information content (AvgIpc) is 2.27. The van der Waals surface area contributed by atoms with Gasteiger partial charge in [0, 0.05) is 25.1 Å². The standard InChI is InChI=1S/C12H20BrN3O/c1-4-11-15-10(13)7-12(16-11)14-9(5-6-17)8(2)3/h7-9,17H,4-6H2,1-3H3,(H,14,15,16). The first-order valence-corrected chi connectivity index (χ1v) is 6.77. The largest absolute Gasteiger partial charge is 0.396 e. The van der Waals surface area contributed by atoms with Crippen LogP contribution in [0.15, 0.2) is 10.7 Å². The van der Waals surface area contributed by atoms with Gasteiger partial charge in [-0.05, 0) is 28.3 Å². The number of nitrogens with one attached hydrogen (secondary N) is 1. The smallest absolute Gasteiger partial charge is 0.131 e. The van der Waals surface area contributed by atoms with Gasteiger partial charge in [0.1, 0.15) is 16.2 Å². The third-order valence-electron chi connectivity index (χ3n) is 2.64. The van der Waals surface area contributed by atoms with E-state index >= 15 is 0 Å². The highest BCUT2D eigenvalue weighted by Gasteiger charge is 2.13. The zero-order valence-corrected chi connectivity index (χ0v) is 12.2. The van der Waals surface area contributed by atoms with Gasteiger partial charge in [-0.1, -0.05) is 20.8 Å². The van der Waals surface area contributed by atoms with E-state index in [-0.39, 0.29) is 12.6 Å². The second-order valence-electron chi connectivity index (χ2n) is 4.35. The zero-order chi connectivity index (χ0) is 12.8. The number of halogens is 1. The lowest BCUT2D eigenvalue weighted by molar-refractivity contribution is 0.267. The second kappa shape index (κ2) is 6.91. The number of aliphatic hydroxyl groups excluding tert-OH is 1. The Kier molecular flexibility index (Phi) is 5.85. The highest BCUT2D eigenvalue weighted by molar-refractivity contribution is 9.10. The van der Waals surface area contributed by atoms with Gasteiger partial charge in [-0.25, -0.2) is 9.97 Å². The molecule has 1 aromatic rings. The van der Waals surface area contributed by atoms with Crippen LogP contribution in [-0.2, 0) is 6.42 Å². The average molecular weight is 302 g/mol. The van der Waals surface area contributed by atoms with Crippen LogP contribution in [0.3, 0.4) is 0 Å². The number of aryl methyl sites for hydroxylation is 1. The van der Waals surface area contributed by atoms with Crippen molar-refractivity contribution in [2.24, 2.45) is 5.92 Å². The summed E-state index contributed by atoms with van der Waals surface area (Å²) in [5.74, 6) is 2.07. The fourth-order valence-corrected chi connectivity index (χ4v) is 2.02. The topological polar surface area (TPSA) is 58.0 Å². The molecule has 0 saturated heterocycles. The molecule has 1 aromatic heterocycles. The summed E-state index contributed by atoms with van der Waals surface area (Å²) >= 11 is 3.38. The van der Waals surface area contributed by atoms with Gasteiger partial charge in [0.2, 0.25) is 0 Å². The fraction of sp³-hybridized carbons (Fsp3) is 0.667. The molecule has 1 heterocycles. The molecule has 1 unspecified atom stereocenters. The minimum atomic E-state index is 0.183. The van der Waals surface area contributed by atoms with E-state index in [1.807, 2.05) is 13.0 Å². The molecule has 1 atom stereocenters. The molecular weight excluding hydrogens is 282 g/mol. The molecular formula is C12H20BrN3O. The first-order valence-electron chi connectivity index (χ1n) is 5.97. The van der Waals surface area contributed by atoms with E-state index in [9.17, 15) is 0 Å². The molecule has 0 spiro atoms. The predicted octanol–water partition coefficient (Wildman–Crippen LogP) is 2.62. The van der Waals surface area contributed by atoms with E-state index in [0.29, 0.717) is 5.92 Å². The molecule has 1 rings (SSSR count). The van der Waals surface area contributed by atoms with E-state index in [2.05, 4.69) is 45.1 Å². The van der Waals surface area contributed by atoms with Gasteiger partial charge in [-0.2, -0.15) is 0 Å². The minimum Gasteiger partial charge on any atom is -0.396 e. The third-order valence-corrected chi connectivity index (χ3v) is 3.04. The maximum absolute atomic E-state index is 9.04. The maximum atomic E-state index is 9.04. The molecule has 2 N–H and O–H groups in total. The number of nitrogens with zero attached hydrogens (tertiary/aromatic N) is 2. The molecule has 5 heteroatoms. The van der Waals surface area contributed by atoms with Crippen molar-refractivity contribution in [2.75, 3.05) is 11.9 Å². The van der Waals surface area contributed by atoms with Crippen LogP contribution >= 0.6 is 15.9 Å². The zero-order valence-electron chi connectivity index (χ0n) is 10.6. The summed E-state index contributed by atoms with van der Waals surface area (Å²) in [6.07, 6.45) is 1.53. The number of aromatic nitrogens is 2. The van der Waals surface area contributed by atoms with Gasteiger partial charge in [-0.15, -0.1) is 0 Å². The van der Waals surface area contributed by atoms with Crippen LogP contribution < -0.4 is 5.32 Å². The summed E-state index contributed by atoms with van der Waals surface area (Å²) in [7, 11) is 0. The van der Waals surface area contributed by atoms with Crippen LogP contribution in [0.2, 0.25) is 0 Å². The lowest BCUT2D eigenvalue weighted by Gasteiger charge is -2.22. The van der Waals surface area contributed by atoms with Crippen LogP contribution in [-0.4, -0.2) is 27.7 Å². The van der Waals surface area contributed by atoms with Crippen LogP contribution in [0, 0.1) is 5.92 Å². The summed E-state index contributed by atoms with van der Waals surface area (Å²) in [6.45, 7) is 6.47. The molecule has 96 valence electrons. The highest BCUT2D eigenvalue weighted by atomic mass is 79.9. The molecule has 0 aliphatic heterocycles. The summed E-state index contributed by atoms with van der Waals surface area (Å²) in [5, 5.41) is 12.4. The Hall–Kier alpha value is -0.680. The Morgan fingerprint density at radius 2 is 2.12 bits per heavy atom. The van der Waals surface area contributed by atoms with E-state index in [4.69, 9.17) is 5.11 Å². The SMILES string of the molecule is CCc1nc(Br)cc(NC(CCO)C(C)C)n1. The maximum Gasteiger partial charge on any atom is 0.131 e. The molecule has 17 heavy (non-hydrogen) atoms. The van der Waals surface area contributed by atoms with Crippen molar-refractivity contribution in [3.63, 3.8) is 0 Å². The Morgan fingerprint density at radius 1 is 1.41 bits per heavy atom. The van der Waals surface area contributed by atoms with Crippen LogP contribution in [0.4, 0.5) is 5.82 Å². The number of hydrogen-bond acceptors (Lipinski definition) is 4. The van der Waals surface area contributed by atoms with Crippen molar-refractivity contribution in [3.8, 4) is 0 Å². The minimum absolute atomic E-state index is 0.183. The van der Waals surface area contributed by atoms with Crippen molar-refractivity contribution in [2.45, 2.75) is 39.7 Å². The number of rotatable bonds is 6. The quantitative estimate of drug-likeness (QED) is 0.793. The molecule has 0 aromatic carbocycles. The monoisotopic (exact) mass is 301 g/mol. The molecule has 0 saturated carbocycles. The summed E-state index contributed by atoms with van der Waals surface area (Å²) in [4.78, 5) is 8.69. The van der Waals surface area contributed by atoms with E-state index in [1.54, 1.807) is 0 Å². The van der Waals surface area contributed by atoms with Crippen LogP contribution in [0.1, 0.15) is 33.0 Å². The van der Waals surface area contributed by atoms with E-state index < -0.39 is 0 Å². The van der Waals surface area contributed by atoms with Gasteiger partial charge >= 0.3 is 0 Å². The van der Waals surface area contributed by atoms with Crippen molar-refractivity contribution in [3.05, 3.63) is 16.5 Å².